The predicted molar refractivity (Wildman–Crippen MR) is 131 cm³/mol. The van der Waals surface area contributed by atoms with Crippen molar-refractivity contribution in [3.63, 3.8) is 0 Å². The van der Waals surface area contributed by atoms with Gasteiger partial charge >= 0.3 is 0 Å². The van der Waals surface area contributed by atoms with Crippen molar-refractivity contribution in [1.29, 1.82) is 0 Å². The summed E-state index contributed by atoms with van der Waals surface area (Å²) in [7, 11) is 0. The first-order valence-electron chi connectivity index (χ1n) is 11.0. The van der Waals surface area contributed by atoms with Gasteiger partial charge in [-0.05, 0) is 57.4 Å². The Kier molecular flexibility index (Phi) is 7.96. The van der Waals surface area contributed by atoms with Gasteiger partial charge in [0.1, 0.15) is 5.75 Å². The largest absolute Gasteiger partial charge is 0.482 e. The fourth-order valence-corrected chi connectivity index (χ4v) is 4.30. The van der Waals surface area contributed by atoms with Crippen LogP contribution in [0.1, 0.15) is 69.6 Å². The second-order valence-corrected chi connectivity index (χ2v) is 9.40. The zero-order chi connectivity index (χ0) is 23.3. The van der Waals surface area contributed by atoms with Crippen LogP contribution in [-0.2, 0) is 4.79 Å². The van der Waals surface area contributed by atoms with E-state index in [1.807, 2.05) is 60.9 Å². The fraction of sp³-hybridized carbons (Fsp3) is 0.400. The minimum Gasteiger partial charge on any atom is -0.482 e. The van der Waals surface area contributed by atoms with Gasteiger partial charge in [0.25, 0.3) is 0 Å². The molecule has 2 aromatic carbocycles. The molecule has 32 heavy (non-hydrogen) atoms. The Morgan fingerprint density at radius 2 is 1.72 bits per heavy atom. The molecule has 0 aliphatic heterocycles. The maximum atomic E-state index is 12.4. The lowest BCUT2D eigenvalue weighted by atomic mass is 10.0. The van der Waals surface area contributed by atoms with E-state index in [-0.39, 0.29) is 23.8 Å². The van der Waals surface area contributed by atoms with Crippen molar-refractivity contribution in [2.75, 3.05) is 11.1 Å². The standard InChI is InChI=1S/C25H32N4O2S/c1-16(2)21-9-7-8-10-22(21)31-19(6)24-27-28-25(29(24)17(3)4)32-15-23(30)26-20-13-11-18(5)12-14-20/h7-14,16-17,19H,15H2,1-6H3,(H,26,30). The van der Waals surface area contributed by atoms with E-state index in [0.717, 1.165) is 28.4 Å². The van der Waals surface area contributed by atoms with E-state index in [1.165, 1.54) is 11.8 Å². The molecule has 6 nitrogen and oxygen atoms in total. The van der Waals surface area contributed by atoms with Crippen LogP contribution in [0.4, 0.5) is 5.69 Å². The van der Waals surface area contributed by atoms with Crippen LogP contribution < -0.4 is 10.1 Å². The van der Waals surface area contributed by atoms with E-state index < -0.39 is 0 Å². The Hall–Kier alpha value is -2.80. The predicted octanol–water partition coefficient (Wildman–Crippen LogP) is 6.16. The van der Waals surface area contributed by atoms with Gasteiger partial charge in [-0.2, -0.15) is 0 Å². The van der Waals surface area contributed by atoms with Gasteiger partial charge in [-0.3, -0.25) is 4.79 Å². The van der Waals surface area contributed by atoms with E-state index in [4.69, 9.17) is 4.74 Å². The molecular formula is C25H32N4O2S. The van der Waals surface area contributed by atoms with E-state index in [2.05, 4.69) is 49.3 Å². The highest BCUT2D eigenvalue weighted by Gasteiger charge is 2.23. The topological polar surface area (TPSA) is 69.0 Å². The van der Waals surface area contributed by atoms with Crippen LogP contribution >= 0.6 is 11.8 Å². The Morgan fingerprint density at radius 1 is 1.03 bits per heavy atom. The lowest BCUT2D eigenvalue weighted by Gasteiger charge is -2.21. The van der Waals surface area contributed by atoms with Gasteiger partial charge in [-0.1, -0.05) is 61.5 Å². The van der Waals surface area contributed by atoms with Crippen molar-refractivity contribution in [2.24, 2.45) is 0 Å². The summed E-state index contributed by atoms with van der Waals surface area (Å²) in [4.78, 5) is 12.4. The van der Waals surface area contributed by atoms with Crippen LogP contribution in [0.15, 0.2) is 53.7 Å². The van der Waals surface area contributed by atoms with Gasteiger partial charge < -0.3 is 14.6 Å². The van der Waals surface area contributed by atoms with E-state index in [9.17, 15) is 4.79 Å². The van der Waals surface area contributed by atoms with Crippen molar-refractivity contribution < 1.29 is 9.53 Å². The van der Waals surface area contributed by atoms with Crippen molar-refractivity contribution in [3.05, 3.63) is 65.5 Å². The number of benzene rings is 2. The molecule has 7 heteroatoms. The molecule has 1 unspecified atom stereocenters. The maximum Gasteiger partial charge on any atom is 0.234 e. The molecule has 0 fully saturated rings. The van der Waals surface area contributed by atoms with Crippen LogP contribution in [-0.4, -0.2) is 26.4 Å². The Balaban J connectivity index is 1.71. The molecule has 0 bridgehead atoms. The van der Waals surface area contributed by atoms with Crippen molar-refractivity contribution in [1.82, 2.24) is 14.8 Å². The van der Waals surface area contributed by atoms with E-state index in [0.29, 0.717) is 11.1 Å². The van der Waals surface area contributed by atoms with Crippen LogP contribution in [0, 0.1) is 6.92 Å². The summed E-state index contributed by atoms with van der Waals surface area (Å²) in [6, 6.07) is 16.0. The normalized spacial score (nSPS) is 12.2. The van der Waals surface area contributed by atoms with Gasteiger partial charge in [0, 0.05) is 11.7 Å². The molecule has 0 saturated carbocycles. The zero-order valence-electron chi connectivity index (χ0n) is 19.6. The molecule has 0 saturated heterocycles. The third-order valence-corrected chi connectivity index (χ3v) is 6.03. The summed E-state index contributed by atoms with van der Waals surface area (Å²) in [6.07, 6.45) is -0.277. The maximum absolute atomic E-state index is 12.4. The molecule has 0 aliphatic carbocycles. The average molecular weight is 453 g/mol. The van der Waals surface area contributed by atoms with Crippen molar-refractivity contribution in [3.8, 4) is 5.75 Å². The Bertz CT molecular complexity index is 1040. The van der Waals surface area contributed by atoms with Crippen LogP contribution in [0.25, 0.3) is 0 Å². The van der Waals surface area contributed by atoms with Gasteiger partial charge in [0.2, 0.25) is 5.91 Å². The number of aryl methyl sites for hydroxylation is 1. The van der Waals surface area contributed by atoms with Crippen LogP contribution in [0.2, 0.25) is 0 Å². The number of carbonyl (C=O) groups is 1. The number of amides is 1. The molecule has 0 aliphatic rings. The third-order valence-electron chi connectivity index (χ3n) is 5.08. The number of anilines is 1. The van der Waals surface area contributed by atoms with Gasteiger partial charge in [0.15, 0.2) is 17.1 Å². The Labute approximate surface area is 194 Å². The summed E-state index contributed by atoms with van der Waals surface area (Å²) < 4.78 is 8.35. The molecule has 0 spiro atoms. The number of aromatic nitrogens is 3. The number of nitrogens with zero attached hydrogens (tertiary/aromatic N) is 3. The van der Waals surface area contributed by atoms with Crippen LogP contribution in [0.5, 0.6) is 5.75 Å². The number of thioether (sulfide) groups is 1. The lowest BCUT2D eigenvalue weighted by Crippen LogP contribution is -2.17. The second kappa shape index (κ2) is 10.7. The van der Waals surface area contributed by atoms with Gasteiger partial charge in [0.05, 0.1) is 5.75 Å². The van der Waals surface area contributed by atoms with Gasteiger partial charge in [-0.15, -0.1) is 10.2 Å². The summed E-state index contributed by atoms with van der Waals surface area (Å²) in [6.45, 7) is 12.5. The molecule has 3 aromatic rings. The highest BCUT2D eigenvalue weighted by Crippen LogP contribution is 2.31. The Morgan fingerprint density at radius 3 is 2.38 bits per heavy atom. The minimum atomic E-state index is -0.277. The summed E-state index contributed by atoms with van der Waals surface area (Å²) >= 11 is 1.38. The number of ether oxygens (including phenoxy) is 1. The number of hydrogen-bond acceptors (Lipinski definition) is 5. The molecule has 1 amide bonds. The molecule has 3 rings (SSSR count). The molecule has 1 heterocycles. The minimum absolute atomic E-state index is 0.0751. The molecular weight excluding hydrogens is 420 g/mol. The number of rotatable bonds is 9. The molecule has 1 atom stereocenters. The second-order valence-electron chi connectivity index (χ2n) is 8.46. The first kappa shape index (κ1) is 23.9. The quantitative estimate of drug-likeness (QED) is 0.394. The van der Waals surface area contributed by atoms with Crippen molar-refractivity contribution >= 4 is 23.4 Å². The van der Waals surface area contributed by atoms with E-state index in [1.54, 1.807) is 0 Å². The highest BCUT2D eigenvalue weighted by atomic mass is 32.2. The van der Waals surface area contributed by atoms with Gasteiger partial charge in [-0.25, -0.2) is 0 Å². The first-order chi connectivity index (χ1) is 15.3. The summed E-state index contributed by atoms with van der Waals surface area (Å²) in [5.74, 6) is 2.15. The molecule has 1 N–H and O–H groups in total. The number of hydrogen-bond donors (Lipinski definition) is 1. The lowest BCUT2D eigenvalue weighted by molar-refractivity contribution is -0.113. The molecule has 0 radical (unpaired) electrons. The van der Waals surface area contributed by atoms with Crippen LogP contribution in [0.3, 0.4) is 0 Å². The monoisotopic (exact) mass is 452 g/mol. The van der Waals surface area contributed by atoms with Crippen molar-refractivity contribution in [2.45, 2.75) is 64.8 Å². The zero-order valence-corrected chi connectivity index (χ0v) is 20.4. The summed E-state index contributed by atoms with van der Waals surface area (Å²) in [5.41, 5.74) is 3.11. The number of para-hydroxylation sites is 1. The SMILES string of the molecule is Cc1ccc(NC(=O)CSc2nnc(C(C)Oc3ccccc3C(C)C)n2C(C)C)cc1. The fourth-order valence-electron chi connectivity index (χ4n) is 3.42. The molecule has 170 valence electrons. The average Bonchev–Trinajstić information content (AvgIpc) is 3.19. The number of carbonyl (C=O) groups excluding carboxylic acids is 1. The summed E-state index contributed by atoms with van der Waals surface area (Å²) in [5, 5.41) is 12.4. The van der Waals surface area contributed by atoms with E-state index >= 15 is 0 Å². The first-order valence-corrected chi connectivity index (χ1v) is 11.9. The molecule has 1 aromatic heterocycles. The number of nitrogens with one attached hydrogen (secondary N) is 1. The highest BCUT2D eigenvalue weighted by molar-refractivity contribution is 7.99. The smallest absolute Gasteiger partial charge is 0.234 e. The third kappa shape index (κ3) is 5.91.